The van der Waals surface area contributed by atoms with Crippen LogP contribution in [0.2, 0.25) is 0 Å². The van der Waals surface area contributed by atoms with Crippen LogP contribution in [0.1, 0.15) is 0 Å². The smallest absolute Gasteiger partial charge is 0.313 e. The first-order chi connectivity index (χ1) is 9.49. The molecule has 8 nitrogen and oxygen atoms in total. The van der Waals surface area contributed by atoms with Gasteiger partial charge in [-0.15, -0.1) is 0 Å². The predicted molar refractivity (Wildman–Crippen MR) is 71.8 cm³/mol. The van der Waals surface area contributed by atoms with Gasteiger partial charge in [0.2, 0.25) is 0 Å². The summed E-state index contributed by atoms with van der Waals surface area (Å²) >= 11 is 0. The molecule has 106 valence electrons. The van der Waals surface area contributed by atoms with Crippen molar-refractivity contribution >= 4 is 35.0 Å². The van der Waals surface area contributed by atoms with Crippen molar-refractivity contribution in [3.05, 3.63) is 24.3 Å². The van der Waals surface area contributed by atoms with Crippen LogP contribution < -0.4 is 21.3 Å². The zero-order chi connectivity index (χ0) is 15.1. The van der Waals surface area contributed by atoms with Crippen LogP contribution in [0.25, 0.3) is 0 Å². The fraction of sp³-hybridized carbons (Fsp3) is 0.167. The van der Waals surface area contributed by atoms with Crippen LogP contribution in [0.15, 0.2) is 24.3 Å². The summed E-state index contributed by atoms with van der Waals surface area (Å²) in [7, 11) is 2.64. The van der Waals surface area contributed by atoms with E-state index in [1.165, 1.54) is 26.2 Å². The number of hydrogen-bond donors (Lipinski definition) is 4. The summed E-state index contributed by atoms with van der Waals surface area (Å²) in [6.45, 7) is 0. The number of carbonyl (C=O) groups excluding carboxylic acids is 4. The van der Waals surface area contributed by atoms with E-state index in [0.29, 0.717) is 0 Å². The number of rotatable bonds is 2. The van der Waals surface area contributed by atoms with Crippen molar-refractivity contribution in [2.45, 2.75) is 0 Å². The molecule has 0 aromatic heterocycles. The lowest BCUT2D eigenvalue weighted by molar-refractivity contribution is -0.135. The van der Waals surface area contributed by atoms with Gasteiger partial charge in [-0.3, -0.25) is 19.2 Å². The maximum Gasteiger partial charge on any atom is 0.313 e. The van der Waals surface area contributed by atoms with Gasteiger partial charge in [0.25, 0.3) is 0 Å². The number of anilines is 2. The minimum atomic E-state index is -0.880. The van der Waals surface area contributed by atoms with Crippen molar-refractivity contribution in [1.29, 1.82) is 0 Å². The molecule has 0 atom stereocenters. The van der Waals surface area contributed by atoms with Crippen molar-refractivity contribution in [2.24, 2.45) is 0 Å². The number of hydrogen-bond acceptors (Lipinski definition) is 4. The van der Waals surface area contributed by atoms with Gasteiger partial charge >= 0.3 is 23.6 Å². The topological polar surface area (TPSA) is 116 Å². The third-order valence-corrected chi connectivity index (χ3v) is 2.29. The molecule has 4 N–H and O–H groups in total. The standard InChI is InChI=1S/C12H14N4O4/c1-13-9(17)11(19)15-7-5-3-4-6-8(7)16-12(20)10(18)14-2/h3-6H,1-2H3,(H,13,17)(H,14,18)(H,15,19)(H,16,20). The van der Waals surface area contributed by atoms with Crippen molar-refractivity contribution in [3.8, 4) is 0 Å². The first kappa shape index (κ1) is 15.2. The highest BCUT2D eigenvalue weighted by molar-refractivity contribution is 6.41. The first-order valence-corrected chi connectivity index (χ1v) is 5.64. The number of para-hydroxylation sites is 2. The molecule has 0 saturated carbocycles. The largest absolute Gasteiger partial charge is 0.351 e. The van der Waals surface area contributed by atoms with Crippen LogP contribution in [-0.2, 0) is 19.2 Å². The van der Waals surface area contributed by atoms with E-state index in [4.69, 9.17) is 0 Å². The molecule has 0 unspecified atom stereocenters. The van der Waals surface area contributed by atoms with Crippen molar-refractivity contribution in [1.82, 2.24) is 10.6 Å². The molecule has 0 bridgehead atoms. The molecule has 1 rings (SSSR count). The lowest BCUT2D eigenvalue weighted by atomic mass is 10.2. The molecule has 0 aliphatic carbocycles. The Labute approximate surface area is 114 Å². The van der Waals surface area contributed by atoms with E-state index in [-0.39, 0.29) is 11.4 Å². The van der Waals surface area contributed by atoms with Crippen LogP contribution in [-0.4, -0.2) is 37.7 Å². The van der Waals surface area contributed by atoms with Crippen LogP contribution in [0.4, 0.5) is 11.4 Å². The Bertz CT molecular complexity index is 507. The fourth-order valence-electron chi connectivity index (χ4n) is 1.29. The molecule has 0 spiro atoms. The second kappa shape index (κ2) is 6.88. The molecular weight excluding hydrogens is 264 g/mol. The van der Waals surface area contributed by atoms with Gasteiger partial charge in [-0.25, -0.2) is 0 Å². The molecule has 1 aromatic carbocycles. The van der Waals surface area contributed by atoms with E-state index in [0.717, 1.165) is 0 Å². The van der Waals surface area contributed by atoms with E-state index in [1.807, 2.05) is 0 Å². The average molecular weight is 278 g/mol. The molecule has 20 heavy (non-hydrogen) atoms. The van der Waals surface area contributed by atoms with Crippen LogP contribution in [0.3, 0.4) is 0 Å². The Balaban J connectivity index is 2.88. The fourth-order valence-corrected chi connectivity index (χ4v) is 1.29. The maximum absolute atomic E-state index is 11.5. The van der Waals surface area contributed by atoms with Crippen LogP contribution >= 0.6 is 0 Å². The molecule has 0 radical (unpaired) electrons. The summed E-state index contributed by atoms with van der Waals surface area (Å²) in [5, 5.41) is 8.99. The minimum Gasteiger partial charge on any atom is -0.351 e. The molecular formula is C12H14N4O4. The van der Waals surface area contributed by atoms with Gasteiger partial charge in [0.05, 0.1) is 11.4 Å². The summed E-state index contributed by atoms with van der Waals surface area (Å²) in [5.74, 6) is -3.40. The van der Waals surface area contributed by atoms with Gasteiger partial charge in [0, 0.05) is 14.1 Å². The van der Waals surface area contributed by atoms with Crippen molar-refractivity contribution in [3.63, 3.8) is 0 Å². The summed E-state index contributed by atoms with van der Waals surface area (Å²) in [6, 6.07) is 6.19. The van der Waals surface area contributed by atoms with Gasteiger partial charge in [-0.1, -0.05) is 12.1 Å². The van der Waals surface area contributed by atoms with E-state index in [9.17, 15) is 19.2 Å². The number of benzene rings is 1. The molecule has 0 heterocycles. The lowest BCUT2D eigenvalue weighted by Crippen LogP contribution is -2.34. The van der Waals surface area contributed by atoms with Gasteiger partial charge in [-0.2, -0.15) is 0 Å². The molecule has 0 aliphatic heterocycles. The number of nitrogens with one attached hydrogen (secondary N) is 4. The van der Waals surface area contributed by atoms with Gasteiger partial charge in [0.1, 0.15) is 0 Å². The molecule has 0 fully saturated rings. The van der Waals surface area contributed by atoms with E-state index < -0.39 is 23.6 Å². The Hall–Kier alpha value is -2.90. The lowest BCUT2D eigenvalue weighted by Gasteiger charge is -2.11. The Morgan fingerprint density at radius 2 is 1.05 bits per heavy atom. The molecule has 4 amide bonds. The normalized spacial score (nSPS) is 9.30. The highest BCUT2D eigenvalue weighted by Gasteiger charge is 2.16. The van der Waals surface area contributed by atoms with Gasteiger partial charge < -0.3 is 21.3 Å². The van der Waals surface area contributed by atoms with E-state index >= 15 is 0 Å². The Kier molecular flexibility index (Phi) is 5.21. The molecule has 8 heteroatoms. The zero-order valence-electron chi connectivity index (χ0n) is 10.9. The molecule has 1 aromatic rings. The number of amides is 4. The quantitative estimate of drug-likeness (QED) is 0.522. The highest BCUT2D eigenvalue weighted by atomic mass is 16.2. The SMILES string of the molecule is CNC(=O)C(=O)Nc1ccccc1NC(=O)C(=O)NC. The van der Waals surface area contributed by atoms with Gasteiger partial charge in [0.15, 0.2) is 0 Å². The zero-order valence-corrected chi connectivity index (χ0v) is 10.9. The predicted octanol–water partition coefficient (Wildman–Crippen LogP) is -0.944. The minimum absolute atomic E-state index is 0.207. The number of carbonyl (C=O) groups is 4. The average Bonchev–Trinajstić information content (AvgIpc) is 2.47. The highest BCUT2D eigenvalue weighted by Crippen LogP contribution is 2.20. The number of likely N-dealkylation sites (N-methyl/N-ethyl adjacent to an activating group) is 2. The van der Waals surface area contributed by atoms with Gasteiger partial charge in [-0.05, 0) is 12.1 Å². The van der Waals surface area contributed by atoms with Crippen molar-refractivity contribution in [2.75, 3.05) is 24.7 Å². The van der Waals surface area contributed by atoms with E-state index in [1.54, 1.807) is 12.1 Å². The second-order valence-electron chi connectivity index (χ2n) is 3.61. The Morgan fingerprint density at radius 1 is 0.700 bits per heavy atom. The summed E-state index contributed by atoms with van der Waals surface area (Å²) in [4.78, 5) is 45.2. The maximum atomic E-state index is 11.5. The summed E-state index contributed by atoms with van der Waals surface area (Å²) < 4.78 is 0. The third kappa shape index (κ3) is 3.80. The van der Waals surface area contributed by atoms with Crippen LogP contribution in [0, 0.1) is 0 Å². The first-order valence-electron chi connectivity index (χ1n) is 5.64. The third-order valence-electron chi connectivity index (χ3n) is 2.29. The van der Waals surface area contributed by atoms with Crippen LogP contribution in [0.5, 0.6) is 0 Å². The second-order valence-corrected chi connectivity index (χ2v) is 3.61. The van der Waals surface area contributed by atoms with E-state index in [2.05, 4.69) is 21.3 Å². The summed E-state index contributed by atoms with van der Waals surface area (Å²) in [6.07, 6.45) is 0. The summed E-state index contributed by atoms with van der Waals surface area (Å²) in [5.41, 5.74) is 0.414. The monoisotopic (exact) mass is 278 g/mol. The molecule has 0 saturated heterocycles. The Morgan fingerprint density at radius 3 is 1.35 bits per heavy atom. The van der Waals surface area contributed by atoms with Crippen molar-refractivity contribution < 1.29 is 19.2 Å². The molecule has 0 aliphatic rings.